The van der Waals surface area contributed by atoms with E-state index in [1.165, 1.54) is 5.01 Å². The minimum atomic E-state index is -0.215. The normalized spacial score (nSPS) is 16.1. The summed E-state index contributed by atoms with van der Waals surface area (Å²) >= 11 is 5.98. The van der Waals surface area contributed by atoms with E-state index in [0.717, 1.165) is 11.3 Å². The SMILES string of the molecule is O=C(CCC(=O)N1CCC(c2ccccc2)=N1)N1CCCN(C(=O)Nc2cccc(Cl)c2)CC1. The minimum absolute atomic E-state index is 0.0723. The summed E-state index contributed by atoms with van der Waals surface area (Å²) in [6, 6.07) is 16.6. The third kappa shape index (κ3) is 6.14. The third-order valence-electron chi connectivity index (χ3n) is 5.96. The first-order chi connectivity index (χ1) is 16.5. The van der Waals surface area contributed by atoms with Crippen molar-refractivity contribution >= 4 is 40.8 Å². The standard InChI is InChI=1S/C25H28ClN5O3/c26-20-8-4-9-21(18-20)27-25(34)30-14-5-13-29(16-17-30)23(32)10-11-24(33)31-15-12-22(28-31)19-6-2-1-3-7-19/h1-4,6-9,18H,5,10-17H2,(H,27,34). The van der Waals surface area contributed by atoms with E-state index in [9.17, 15) is 14.4 Å². The number of anilines is 1. The molecule has 2 aliphatic heterocycles. The lowest BCUT2D eigenvalue weighted by molar-refractivity contribution is -0.136. The molecule has 4 amide bonds. The summed E-state index contributed by atoms with van der Waals surface area (Å²) in [4.78, 5) is 41.4. The molecule has 0 aliphatic carbocycles. The molecule has 9 heteroatoms. The molecule has 8 nitrogen and oxygen atoms in total. The van der Waals surface area contributed by atoms with Crippen LogP contribution in [0.2, 0.25) is 5.02 Å². The third-order valence-corrected chi connectivity index (χ3v) is 6.20. The Labute approximate surface area is 204 Å². The number of nitrogens with one attached hydrogen (secondary N) is 1. The number of nitrogens with zero attached hydrogens (tertiary/aromatic N) is 4. The first-order valence-electron chi connectivity index (χ1n) is 11.5. The number of hydrogen-bond donors (Lipinski definition) is 1. The summed E-state index contributed by atoms with van der Waals surface area (Å²) in [5, 5.41) is 9.32. The minimum Gasteiger partial charge on any atom is -0.341 e. The highest BCUT2D eigenvalue weighted by atomic mass is 35.5. The van der Waals surface area contributed by atoms with E-state index in [0.29, 0.717) is 56.3 Å². The summed E-state index contributed by atoms with van der Waals surface area (Å²) in [7, 11) is 0. The van der Waals surface area contributed by atoms with Crippen molar-refractivity contribution < 1.29 is 14.4 Å². The smallest absolute Gasteiger partial charge is 0.321 e. The second-order valence-corrected chi connectivity index (χ2v) is 8.78. The maximum absolute atomic E-state index is 12.7. The molecular formula is C25H28ClN5O3. The largest absolute Gasteiger partial charge is 0.341 e. The zero-order valence-electron chi connectivity index (χ0n) is 19.0. The number of carbonyl (C=O) groups is 3. The van der Waals surface area contributed by atoms with Gasteiger partial charge in [0.1, 0.15) is 0 Å². The van der Waals surface area contributed by atoms with Gasteiger partial charge in [0.15, 0.2) is 0 Å². The van der Waals surface area contributed by atoms with Crippen molar-refractivity contribution in [2.75, 3.05) is 38.0 Å². The Bertz CT molecular complexity index is 1080. The quantitative estimate of drug-likeness (QED) is 0.704. The number of hydrazone groups is 1. The fraction of sp³-hybridized carbons (Fsp3) is 0.360. The van der Waals surface area contributed by atoms with Crippen LogP contribution in [0.4, 0.5) is 10.5 Å². The van der Waals surface area contributed by atoms with Gasteiger partial charge >= 0.3 is 6.03 Å². The monoisotopic (exact) mass is 481 g/mol. The fourth-order valence-corrected chi connectivity index (χ4v) is 4.30. The van der Waals surface area contributed by atoms with Crippen LogP contribution < -0.4 is 5.32 Å². The van der Waals surface area contributed by atoms with E-state index in [2.05, 4.69) is 10.4 Å². The van der Waals surface area contributed by atoms with E-state index in [-0.39, 0.29) is 30.7 Å². The Balaban J connectivity index is 1.23. The van der Waals surface area contributed by atoms with Crippen molar-refractivity contribution in [2.24, 2.45) is 5.10 Å². The highest BCUT2D eigenvalue weighted by Gasteiger charge is 2.25. The zero-order valence-corrected chi connectivity index (χ0v) is 19.7. The van der Waals surface area contributed by atoms with Gasteiger partial charge in [0.2, 0.25) is 11.8 Å². The Morgan fingerprint density at radius 2 is 1.59 bits per heavy atom. The molecule has 2 aliphatic rings. The van der Waals surface area contributed by atoms with Crippen LogP contribution >= 0.6 is 11.6 Å². The summed E-state index contributed by atoms with van der Waals surface area (Å²) in [5.41, 5.74) is 2.54. The summed E-state index contributed by atoms with van der Waals surface area (Å²) < 4.78 is 0. The lowest BCUT2D eigenvalue weighted by atomic mass is 10.1. The van der Waals surface area contributed by atoms with Gasteiger partial charge in [-0.3, -0.25) is 9.59 Å². The molecular weight excluding hydrogens is 454 g/mol. The number of amides is 4. The van der Waals surface area contributed by atoms with Crippen molar-refractivity contribution in [2.45, 2.75) is 25.7 Å². The molecule has 1 N–H and O–H groups in total. The lowest BCUT2D eigenvalue weighted by Gasteiger charge is -2.22. The van der Waals surface area contributed by atoms with E-state index in [1.54, 1.807) is 34.1 Å². The molecule has 0 radical (unpaired) electrons. The second kappa shape index (κ2) is 11.2. The van der Waals surface area contributed by atoms with Crippen molar-refractivity contribution in [3.8, 4) is 0 Å². The van der Waals surface area contributed by atoms with Crippen LogP contribution in [0.5, 0.6) is 0 Å². The molecule has 1 fully saturated rings. The molecule has 0 atom stereocenters. The van der Waals surface area contributed by atoms with Gasteiger partial charge < -0.3 is 15.1 Å². The fourth-order valence-electron chi connectivity index (χ4n) is 4.11. The number of carbonyl (C=O) groups excluding carboxylic acids is 3. The van der Waals surface area contributed by atoms with Gasteiger partial charge in [-0.05, 0) is 30.2 Å². The Hall–Kier alpha value is -3.39. The highest BCUT2D eigenvalue weighted by Crippen LogP contribution is 2.17. The number of benzene rings is 2. The van der Waals surface area contributed by atoms with Crippen LogP contribution in [-0.2, 0) is 9.59 Å². The average molecular weight is 482 g/mol. The Kier molecular flexibility index (Phi) is 7.80. The van der Waals surface area contributed by atoms with E-state index in [4.69, 9.17) is 11.6 Å². The number of rotatable bonds is 5. The first-order valence-corrected chi connectivity index (χ1v) is 11.9. The molecule has 2 aromatic carbocycles. The maximum atomic E-state index is 12.7. The highest BCUT2D eigenvalue weighted by molar-refractivity contribution is 6.30. The van der Waals surface area contributed by atoms with E-state index >= 15 is 0 Å². The molecule has 0 bridgehead atoms. The van der Waals surface area contributed by atoms with Crippen molar-refractivity contribution in [1.82, 2.24) is 14.8 Å². The first kappa shape index (κ1) is 23.8. The molecule has 2 aromatic rings. The van der Waals surface area contributed by atoms with Crippen molar-refractivity contribution in [1.29, 1.82) is 0 Å². The Morgan fingerprint density at radius 3 is 2.38 bits per heavy atom. The van der Waals surface area contributed by atoms with Crippen LogP contribution in [-0.4, -0.2) is 71.1 Å². The molecule has 4 rings (SSSR count). The number of hydrogen-bond acceptors (Lipinski definition) is 4. The van der Waals surface area contributed by atoms with Gasteiger partial charge in [-0.1, -0.05) is 48.0 Å². The summed E-state index contributed by atoms with van der Waals surface area (Å²) in [6.45, 7) is 2.53. The summed E-state index contributed by atoms with van der Waals surface area (Å²) in [5.74, 6) is -0.214. The molecule has 0 saturated carbocycles. The second-order valence-electron chi connectivity index (χ2n) is 8.34. The van der Waals surface area contributed by atoms with Crippen LogP contribution in [0.1, 0.15) is 31.2 Å². The molecule has 0 unspecified atom stereocenters. The Morgan fingerprint density at radius 1 is 0.853 bits per heavy atom. The van der Waals surface area contributed by atoms with Crippen molar-refractivity contribution in [3.05, 3.63) is 65.2 Å². The molecule has 1 saturated heterocycles. The van der Waals surface area contributed by atoms with Crippen LogP contribution in [0.3, 0.4) is 0 Å². The predicted octanol–water partition coefficient (Wildman–Crippen LogP) is 3.82. The number of urea groups is 1. The van der Waals surface area contributed by atoms with Gasteiger partial charge in [-0.2, -0.15) is 5.10 Å². The summed E-state index contributed by atoms with van der Waals surface area (Å²) in [6.07, 6.45) is 1.66. The van der Waals surface area contributed by atoms with Gasteiger partial charge in [0, 0.05) is 56.2 Å². The van der Waals surface area contributed by atoms with Gasteiger partial charge in [-0.25, -0.2) is 9.80 Å². The maximum Gasteiger partial charge on any atom is 0.321 e. The lowest BCUT2D eigenvalue weighted by Crippen LogP contribution is -2.39. The molecule has 0 spiro atoms. The van der Waals surface area contributed by atoms with Gasteiger partial charge in [0.25, 0.3) is 0 Å². The van der Waals surface area contributed by atoms with E-state index in [1.807, 2.05) is 30.3 Å². The molecule has 178 valence electrons. The van der Waals surface area contributed by atoms with Crippen LogP contribution in [0.25, 0.3) is 0 Å². The number of halogens is 1. The zero-order chi connectivity index (χ0) is 23.9. The van der Waals surface area contributed by atoms with E-state index < -0.39 is 0 Å². The van der Waals surface area contributed by atoms with Crippen LogP contribution in [0, 0.1) is 0 Å². The predicted molar refractivity (Wildman–Crippen MR) is 132 cm³/mol. The van der Waals surface area contributed by atoms with Crippen LogP contribution in [0.15, 0.2) is 59.7 Å². The average Bonchev–Trinajstić information content (AvgIpc) is 3.21. The molecule has 34 heavy (non-hydrogen) atoms. The van der Waals surface area contributed by atoms with Gasteiger partial charge in [0.05, 0.1) is 12.3 Å². The topological polar surface area (TPSA) is 85.3 Å². The molecule has 0 aromatic heterocycles. The van der Waals surface area contributed by atoms with Gasteiger partial charge in [-0.15, -0.1) is 0 Å². The molecule has 2 heterocycles. The van der Waals surface area contributed by atoms with Crippen molar-refractivity contribution in [3.63, 3.8) is 0 Å².